The predicted octanol–water partition coefficient (Wildman–Crippen LogP) is 4.39. The molecule has 0 aromatic carbocycles. The lowest BCUT2D eigenvalue weighted by molar-refractivity contribution is 0.0959. The van der Waals surface area contributed by atoms with Gasteiger partial charge in [-0.05, 0) is 36.8 Å². The fourth-order valence-electron chi connectivity index (χ4n) is 3.16. The zero-order valence-electron chi connectivity index (χ0n) is 13.7. The van der Waals surface area contributed by atoms with Crippen LogP contribution in [0.5, 0.6) is 0 Å². The van der Waals surface area contributed by atoms with E-state index in [1.165, 1.54) is 40.8 Å². The Morgan fingerprint density at radius 3 is 3.32 bits per heavy atom. The number of imidazole rings is 1. The number of hydrogen-bond acceptors (Lipinski definition) is 5. The Labute approximate surface area is 158 Å². The third-order valence-corrected chi connectivity index (χ3v) is 6.86. The highest BCUT2D eigenvalue weighted by atomic mass is 35.5. The van der Waals surface area contributed by atoms with Crippen LogP contribution in [0.25, 0.3) is 4.96 Å². The SMILES string of the molecule is CCC1CCc2sc(C(=O)N/N=C/c3c(Cl)nc4sccn34)cc2C1. The second-order valence-electron chi connectivity index (χ2n) is 6.12. The monoisotopic (exact) mass is 392 g/mol. The minimum atomic E-state index is -0.175. The van der Waals surface area contributed by atoms with E-state index in [-0.39, 0.29) is 5.91 Å². The van der Waals surface area contributed by atoms with E-state index >= 15 is 0 Å². The van der Waals surface area contributed by atoms with Crippen molar-refractivity contribution in [2.24, 2.45) is 11.0 Å². The van der Waals surface area contributed by atoms with Crippen molar-refractivity contribution in [3.63, 3.8) is 0 Å². The molecule has 0 saturated heterocycles. The van der Waals surface area contributed by atoms with Crippen molar-refractivity contribution in [1.82, 2.24) is 14.8 Å². The summed E-state index contributed by atoms with van der Waals surface area (Å²) in [5.74, 6) is 0.568. The molecule has 3 heterocycles. The summed E-state index contributed by atoms with van der Waals surface area (Å²) in [6.45, 7) is 2.23. The normalized spacial score (nSPS) is 17.3. The van der Waals surface area contributed by atoms with Crippen LogP contribution in [0.4, 0.5) is 0 Å². The zero-order valence-corrected chi connectivity index (χ0v) is 16.0. The molecule has 1 amide bonds. The number of carbonyl (C=O) groups excluding carboxylic acids is 1. The zero-order chi connectivity index (χ0) is 17.4. The molecule has 8 heteroatoms. The summed E-state index contributed by atoms with van der Waals surface area (Å²) in [6.07, 6.45) is 7.99. The number of rotatable bonds is 4. The van der Waals surface area contributed by atoms with Crippen molar-refractivity contribution < 1.29 is 4.79 Å². The number of nitrogens with zero attached hydrogens (tertiary/aromatic N) is 3. The molecule has 25 heavy (non-hydrogen) atoms. The lowest BCUT2D eigenvalue weighted by Gasteiger charge is -2.19. The molecule has 0 aliphatic heterocycles. The maximum Gasteiger partial charge on any atom is 0.281 e. The molecule has 130 valence electrons. The van der Waals surface area contributed by atoms with Crippen molar-refractivity contribution in [3.05, 3.63) is 43.8 Å². The molecule has 1 aliphatic carbocycles. The molecular weight excluding hydrogens is 376 g/mol. The van der Waals surface area contributed by atoms with Gasteiger partial charge in [0.2, 0.25) is 0 Å². The number of carbonyl (C=O) groups is 1. The molecule has 1 atom stereocenters. The summed E-state index contributed by atoms with van der Waals surface area (Å²) >= 11 is 9.19. The molecule has 3 aromatic heterocycles. The predicted molar refractivity (Wildman–Crippen MR) is 103 cm³/mol. The summed E-state index contributed by atoms with van der Waals surface area (Å²) < 4.78 is 1.84. The van der Waals surface area contributed by atoms with E-state index in [2.05, 4.69) is 22.4 Å². The van der Waals surface area contributed by atoms with Gasteiger partial charge in [0.1, 0.15) is 5.69 Å². The number of thiophene rings is 1. The van der Waals surface area contributed by atoms with Gasteiger partial charge in [0.05, 0.1) is 11.1 Å². The van der Waals surface area contributed by atoms with Crippen molar-refractivity contribution in [2.45, 2.75) is 32.6 Å². The Morgan fingerprint density at radius 1 is 1.60 bits per heavy atom. The Bertz CT molecular complexity index is 955. The number of nitrogens with one attached hydrogen (secondary N) is 1. The molecule has 0 spiro atoms. The first-order chi connectivity index (χ1) is 12.2. The minimum Gasteiger partial charge on any atom is -0.288 e. The van der Waals surface area contributed by atoms with Gasteiger partial charge in [-0.2, -0.15) is 5.10 Å². The third kappa shape index (κ3) is 3.23. The van der Waals surface area contributed by atoms with E-state index < -0.39 is 0 Å². The fraction of sp³-hybridized carbons (Fsp3) is 0.353. The van der Waals surface area contributed by atoms with Gasteiger partial charge in [0.15, 0.2) is 10.1 Å². The molecule has 0 bridgehead atoms. The van der Waals surface area contributed by atoms with Crippen molar-refractivity contribution in [1.29, 1.82) is 0 Å². The number of hydrazone groups is 1. The Balaban J connectivity index is 1.47. The van der Waals surface area contributed by atoms with Crippen LogP contribution in [0.1, 0.15) is 45.6 Å². The molecule has 5 nitrogen and oxygen atoms in total. The maximum absolute atomic E-state index is 12.4. The fourth-order valence-corrected chi connectivity index (χ4v) is 5.25. The molecule has 0 saturated carbocycles. The number of thiazole rings is 1. The average molecular weight is 393 g/mol. The van der Waals surface area contributed by atoms with Crippen LogP contribution in [0.3, 0.4) is 0 Å². The average Bonchev–Trinajstić information content (AvgIpc) is 3.29. The number of amides is 1. The van der Waals surface area contributed by atoms with Crippen LogP contribution in [0.15, 0.2) is 22.7 Å². The number of aryl methyl sites for hydroxylation is 1. The minimum absolute atomic E-state index is 0.175. The molecule has 0 radical (unpaired) electrons. The standard InChI is InChI=1S/C17H17ClN4OS2/c1-2-10-3-4-13-11(7-10)8-14(25-13)16(23)21-19-9-12-15(18)20-17-22(12)5-6-24-17/h5-6,8-10H,2-4,7H2,1H3,(H,21,23)/b19-9+. The largest absolute Gasteiger partial charge is 0.288 e. The van der Waals surface area contributed by atoms with Crippen LogP contribution in [0.2, 0.25) is 5.15 Å². The quantitative estimate of drug-likeness (QED) is 0.528. The molecule has 1 N–H and O–H groups in total. The van der Waals surface area contributed by atoms with Crippen molar-refractivity contribution in [3.8, 4) is 0 Å². The van der Waals surface area contributed by atoms with Crippen LogP contribution in [0, 0.1) is 5.92 Å². The maximum atomic E-state index is 12.4. The topological polar surface area (TPSA) is 58.8 Å². The second kappa shape index (κ2) is 6.90. The van der Waals surface area contributed by atoms with Crippen LogP contribution < -0.4 is 5.43 Å². The summed E-state index contributed by atoms with van der Waals surface area (Å²) in [5, 5.41) is 6.36. The Hall–Kier alpha value is -1.70. The van der Waals surface area contributed by atoms with Gasteiger partial charge in [0, 0.05) is 16.5 Å². The van der Waals surface area contributed by atoms with Crippen LogP contribution >= 0.6 is 34.3 Å². The van der Waals surface area contributed by atoms with E-state index in [0.717, 1.165) is 28.6 Å². The highest BCUT2D eigenvalue weighted by Crippen LogP contribution is 2.33. The first-order valence-corrected chi connectivity index (χ1v) is 10.3. The van der Waals surface area contributed by atoms with Gasteiger partial charge in [-0.3, -0.25) is 9.20 Å². The first-order valence-electron chi connectivity index (χ1n) is 8.21. The number of aromatic nitrogens is 2. The Morgan fingerprint density at radius 2 is 2.48 bits per heavy atom. The van der Waals surface area contributed by atoms with E-state index in [1.807, 2.05) is 22.0 Å². The molecule has 4 rings (SSSR count). The van der Waals surface area contributed by atoms with E-state index in [4.69, 9.17) is 11.6 Å². The van der Waals surface area contributed by atoms with Gasteiger partial charge < -0.3 is 0 Å². The summed E-state index contributed by atoms with van der Waals surface area (Å²) in [4.78, 5) is 19.5. The molecule has 1 unspecified atom stereocenters. The molecule has 0 fully saturated rings. The molecule has 1 aliphatic rings. The van der Waals surface area contributed by atoms with E-state index in [1.54, 1.807) is 11.3 Å². The van der Waals surface area contributed by atoms with Gasteiger partial charge in [0.25, 0.3) is 5.91 Å². The molecule has 3 aromatic rings. The third-order valence-electron chi connectivity index (χ3n) is 4.59. The van der Waals surface area contributed by atoms with Gasteiger partial charge in [-0.1, -0.05) is 24.9 Å². The lowest BCUT2D eigenvalue weighted by Crippen LogP contribution is -2.16. The highest BCUT2D eigenvalue weighted by Gasteiger charge is 2.22. The number of halogens is 1. The smallest absolute Gasteiger partial charge is 0.281 e. The highest BCUT2D eigenvalue weighted by molar-refractivity contribution is 7.15. The number of fused-ring (bicyclic) bond motifs is 2. The lowest BCUT2D eigenvalue weighted by atomic mass is 9.87. The number of hydrogen-bond donors (Lipinski definition) is 1. The first kappa shape index (κ1) is 16.8. The van der Waals surface area contributed by atoms with Crippen molar-refractivity contribution >= 4 is 51.4 Å². The summed E-state index contributed by atoms with van der Waals surface area (Å²) in [5.41, 5.74) is 4.59. The van der Waals surface area contributed by atoms with Gasteiger partial charge >= 0.3 is 0 Å². The van der Waals surface area contributed by atoms with Crippen molar-refractivity contribution in [2.75, 3.05) is 0 Å². The summed E-state index contributed by atoms with van der Waals surface area (Å²) in [6, 6.07) is 2.02. The van der Waals surface area contributed by atoms with Gasteiger partial charge in [-0.15, -0.1) is 22.7 Å². The van der Waals surface area contributed by atoms with Crippen LogP contribution in [-0.4, -0.2) is 21.5 Å². The van der Waals surface area contributed by atoms with Gasteiger partial charge in [-0.25, -0.2) is 10.4 Å². The van der Waals surface area contributed by atoms with E-state index in [9.17, 15) is 4.79 Å². The summed E-state index contributed by atoms with van der Waals surface area (Å²) in [7, 11) is 0. The Kier molecular flexibility index (Phi) is 4.62. The molecular formula is C17H17ClN4OS2. The second-order valence-corrected chi connectivity index (χ2v) is 8.49. The van der Waals surface area contributed by atoms with Crippen LogP contribution in [-0.2, 0) is 12.8 Å². The van der Waals surface area contributed by atoms with E-state index in [0.29, 0.717) is 10.8 Å².